The van der Waals surface area contributed by atoms with Crippen molar-refractivity contribution in [1.82, 2.24) is 0 Å². The topological polar surface area (TPSA) is 26.3 Å². The summed E-state index contributed by atoms with van der Waals surface area (Å²) in [5.74, 6) is 0.536. The van der Waals surface area contributed by atoms with Crippen LogP contribution in [0.15, 0.2) is 46.6 Å². The Labute approximate surface area is 148 Å². The minimum absolute atomic E-state index is 0.173. The normalized spacial score (nSPS) is 19.5. The van der Waals surface area contributed by atoms with Crippen LogP contribution in [0.3, 0.4) is 0 Å². The quantitative estimate of drug-likeness (QED) is 0.595. The fourth-order valence-corrected chi connectivity index (χ4v) is 3.45. The number of hydrogen-bond donors (Lipinski definition) is 0. The molecule has 0 amide bonds. The first kappa shape index (κ1) is 20.6. The maximum absolute atomic E-state index is 12.4. The molecule has 0 bridgehead atoms. The first-order valence-corrected chi connectivity index (χ1v) is 8.98. The first-order chi connectivity index (χ1) is 11.2. The van der Waals surface area contributed by atoms with Crippen LogP contribution in [0.4, 0.5) is 0 Å². The molecule has 0 fully saturated rings. The molecular weight excluding hydrogens is 296 g/mol. The molecule has 0 heterocycles. The highest BCUT2D eigenvalue weighted by molar-refractivity contribution is 5.94. The maximum atomic E-state index is 12.4. The Bertz CT molecular complexity index is 537. The van der Waals surface area contributed by atoms with Crippen molar-refractivity contribution in [3.05, 3.63) is 46.6 Å². The van der Waals surface area contributed by atoms with E-state index in [2.05, 4.69) is 52.0 Å². The third-order valence-electron chi connectivity index (χ3n) is 4.74. The molecule has 0 aromatic carbocycles. The highest BCUT2D eigenvalue weighted by atomic mass is 16.5. The van der Waals surface area contributed by atoms with Crippen LogP contribution >= 0.6 is 0 Å². The third-order valence-corrected chi connectivity index (χ3v) is 4.74. The zero-order chi connectivity index (χ0) is 18.3. The Hall–Kier alpha value is -1.41. The Balaban J connectivity index is 0.000000300. The van der Waals surface area contributed by atoms with Crippen LogP contribution < -0.4 is 0 Å². The third kappa shape index (κ3) is 5.04. The van der Waals surface area contributed by atoms with Gasteiger partial charge in [0.2, 0.25) is 0 Å². The van der Waals surface area contributed by atoms with Gasteiger partial charge in [-0.25, -0.2) is 0 Å². The van der Waals surface area contributed by atoms with E-state index in [4.69, 9.17) is 4.74 Å². The highest BCUT2D eigenvalue weighted by Crippen LogP contribution is 2.35. The van der Waals surface area contributed by atoms with Gasteiger partial charge in [-0.05, 0) is 64.0 Å². The van der Waals surface area contributed by atoms with E-state index in [0.29, 0.717) is 12.3 Å². The van der Waals surface area contributed by atoms with E-state index in [1.807, 2.05) is 13.8 Å². The predicted molar refractivity (Wildman–Crippen MR) is 103 cm³/mol. The average Bonchev–Trinajstić information content (AvgIpc) is 2.47. The number of carbonyl (C=O) groups excluding carboxylic acids is 1. The molecule has 2 aliphatic carbocycles. The Morgan fingerprint density at radius 3 is 1.79 bits per heavy atom. The van der Waals surface area contributed by atoms with E-state index in [0.717, 1.165) is 24.0 Å². The SMILES string of the molecule is CC1=CCC=C(C)C1.COC1(C(=O)CC(C)C)C(C)=CCC=C1C. The van der Waals surface area contributed by atoms with Gasteiger partial charge in [0.05, 0.1) is 0 Å². The number of ether oxygens (including phenoxy) is 1. The molecule has 2 heteroatoms. The molecule has 0 radical (unpaired) electrons. The monoisotopic (exact) mass is 330 g/mol. The van der Waals surface area contributed by atoms with Crippen LogP contribution in [0.25, 0.3) is 0 Å². The lowest BCUT2D eigenvalue weighted by molar-refractivity contribution is -0.134. The van der Waals surface area contributed by atoms with E-state index in [-0.39, 0.29) is 5.78 Å². The second kappa shape index (κ2) is 9.17. The van der Waals surface area contributed by atoms with Crippen molar-refractivity contribution >= 4 is 5.78 Å². The van der Waals surface area contributed by atoms with Crippen molar-refractivity contribution in [2.45, 2.75) is 72.8 Å². The maximum Gasteiger partial charge on any atom is 0.173 e. The fraction of sp³-hybridized carbons (Fsp3) is 0.591. The number of allylic oxidation sites excluding steroid dienone is 6. The summed E-state index contributed by atoms with van der Waals surface area (Å²) in [4.78, 5) is 12.4. The Morgan fingerprint density at radius 2 is 1.46 bits per heavy atom. The van der Waals surface area contributed by atoms with Crippen molar-refractivity contribution in [3.8, 4) is 0 Å². The van der Waals surface area contributed by atoms with Gasteiger partial charge in [-0.15, -0.1) is 0 Å². The lowest BCUT2D eigenvalue weighted by Gasteiger charge is -2.36. The van der Waals surface area contributed by atoms with Crippen molar-refractivity contribution < 1.29 is 9.53 Å². The van der Waals surface area contributed by atoms with Crippen LogP contribution in [0.5, 0.6) is 0 Å². The van der Waals surface area contributed by atoms with Crippen LogP contribution in [0.2, 0.25) is 0 Å². The van der Waals surface area contributed by atoms with E-state index in [9.17, 15) is 4.79 Å². The van der Waals surface area contributed by atoms with Crippen molar-refractivity contribution in [2.75, 3.05) is 7.11 Å². The molecule has 2 rings (SSSR count). The molecular formula is C22H34O2. The van der Waals surface area contributed by atoms with Gasteiger partial charge >= 0.3 is 0 Å². The molecule has 0 saturated carbocycles. The second-order valence-corrected chi connectivity index (χ2v) is 7.43. The Morgan fingerprint density at radius 1 is 1.00 bits per heavy atom. The van der Waals surface area contributed by atoms with Gasteiger partial charge in [-0.3, -0.25) is 4.79 Å². The van der Waals surface area contributed by atoms with Crippen molar-refractivity contribution in [3.63, 3.8) is 0 Å². The summed E-state index contributed by atoms with van der Waals surface area (Å²) in [5.41, 5.74) is 4.30. The second-order valence-electron chi connectivity index (χ2n) is 7.43. The molecule has 0 spiro atoms. The summed E-state index contributed by atoms with van der Waals surface area (Å²) in [6.07, 6.45) is 12.5. The van der Waals surface area contributed by atoms with Gasteiger partial charge in [0, 0.05) is 13.5 Å². The number of Topliss-reactive ketones (excluding diaryl/α,β-unsaturated/α-hetero) is 1. The van der Waals surface area contributed by atoms with Crippen molar-refractivity contribution in [1.29, 1.82) is 0 Å². The zero-order valence-corrected chi connectivity index (χ0v) is 16.5. The van der Waals surface area contributed by atoms with Crippen LogP contribution in [0, 0.1) is 5.92 Å². The molecule has 0 atom stereocenters. The Kier molecular flexibility index (Phi) is 7.89. The summed E-state index contributed by atoms with van der Waals surface area (Å²) in [5, 5.41) is 0. The summed E-state index contributed by atoms with van der Waals surface area (Å²) < 4.78 is 5.58. The van der Waals surface area contributed by atoms with Gasteiger partial charge in [0.25, 0.3) is 0 Å². The highest BCUT2D eigenvalue weighted by Gasteiger charge is 2.42. The molecule has 134 valence electrons. The summed E-state index contributed by atoms with van der Waals surface area (Å²) in [6, 6.07) is 0. The predicted octanol–water partition coefficient (Wildman–Crippen LogP) is 5.96. The lowest BCUT2D eigenvalue weighted by Crippen LogP contribution is -2.44. The number of carbonyl (C=O) groups is 1. The number of ketones is 1. The zero-order valence-electron chi connectivity index (χ0n) is 16.5. The molecule has 0 aliphatic heterocycles. The summed E-state index contributed by atoms with van der Waals surface area (Å²) >= 11 is 0. The van der Waals surface area contributed by atoms with Gasteiger partial charge in [0.1, 0.15) is 0 Å². The average molecular weight is 331 g/mol. The standard InChI is InChI=1S/C14H22O2.C8H12/c1-10(2)9-13(15)14(16-5)11(3)7-6-8-12(14)4;1-7-4-3-5-8(2)6-7/h7-8,10H,6,9H2,1-5H3;4-5H,3,6H2,1-2H3. The first-order valence-electron chi connectivity index (χ1n) is 8.98. The van der Waals surface area contributed by atoms with Gasteiger partial charge < -0.3 is 4.74 Å². The minimum atomic E-state index is -0.789. The van der Waals surface area contributed by atoms with E-state index in [1.54, 1.807) is 7.11 Å². The molecule has 24 heavy (non-hydrogen) atoms. The number of hydrogen-bond acceptors (Lipinski definition) is 2. The molecule has 0 unspecified atom stereocenters. The minimum Gasteiger partial charge on any atom is -0.362 e. The van der Waals surface area contributed by atoms with E-state index in [1.165, 1.54) is 17.6 Å². The van der Waals surface area contributed by atoms with Crippen LogP contribution in [-0.4, -0.2) is 18.5 Å². The van der Waals surface area contributed by atoms with E-state index >= 15 is 0 Å². The smallest absolute Gasteiger partial charge is 0.173 e. The van der Waals surface area contributed by atoms with E-state index < -0.39 is 5.60 Å². The number of methoxy groups -OCH3 is 1. The number of rotatable bonds is 4. The lowest BCUT2D eigenvalue weighted by atomic mass is 9.77. The molecule has 2 aliphatic rings. The summed E-state index contributed by atoms with van der Waals surface area (Å²) in [6.45, 7) is 12.5. The van der Waals surface area contributed by atoms with Crippen LogP contribution in [-0.2, 0) is 9.53 Å². The molecule has 0 aromatic rings. The van der Waals surface area contributed by atoms with Gasteiger partial charge in [0.15, 0.2) is 11.4 Å². The largest absolute Gasteiger partial charge is 0.362 e. The molecule has 0 N–H and O–H groups in total. The molecule has 2 nitrogen and oxygen atoms in total. The summed E-state index contributed by atoms with van der Waals surface area (Å²) in [7, 11) is 1.62. The van der Waals surface area contributed by atoms with Gasteiger partial charge in [-0.1, -0.05) is 49.3 Å². The van der Waals surface area contributed by atoms with Crippen molar-refractivity contribution in [2.24, 2.45) is 5.92 Å². The molecule has 0 aromatic heterocycles. The van der Waals surface area contributed by atoms with Gasteiger partial charge in [-0.2, -0.15) is 0 Å². The van der Waals surface area contributed by atoms with Crippen LogP contribution in [0.1, 0.15) is 67.2 Å². The molecule has 0 saturated heterocycles. The fourth-order valence-electron chi connectivity index (χ4n) is 3.45.